The highest BCUT2D eigenvalue weighted by Gasteiger charge is 2.24. The van der Waals surface area contributed by atoms with E-state index in [1.807, 2.05) is 19.2 Å². The van der Waals surface area contributed by atoms with Crippen molar-refractivity contribution in [2.75, 3.05) is 4.90 Å². The molecular formula is C18H28N5S+. The predicted octanol–water partition coefficient (Wildman–Crippen LogP) is 5.13. The highest BCUT2D eigenvalue weighted by molar-refractivity contribution is 7.18. The molecule has 24 heavy (non-hydrogen) atoms. The smallest absolute Gasteiger partial charge is 0.340 e. The molecule has 0 unspecified atom stereocenters. The molecule has 0 aliphatic carbocycles. The Bertz CT molecular complexity index is 678. The van der Waals surface area contributed by atoms with Gasteiger partial charge in [-0.2, -0.15) is 0 Å². The number of benzene rings is 1. The van der Waals surface area contributed by atoms with E-state index in [0.717, 1.165) is 16.0 Å². The first-order valence-electron chi connectivity index (χ1n) is 8.46. The molecule has 0 saturated heterocycles. The Morgan fingerprint density at radius 3 is 2.04 bits per heavy atom. The van der Waals surface area contributed by atoms with Gasteiger partial charge in [0.1, 0.15) is 12.7 Å². The van der Waals surface area contributed by atoms with Crippen LogP contribution in [0.4, 0.5) is 16.0 Å². The Balaban J connectivity index is 2.21. The monoisotopic (exact) mass is 346 g/mol. The zero-order chi connectivity index (χ0) is 17.9. The van der Waals surface area contributed by atoms with Crippen LogP contribution in [0.15, 0.2) is 34.5 Å². The van der Waals surface area contributed by atoms with E-state index in [4.69, 9.17) is 0 Å². The van der Waals surface area contributed by atoms with Crippen LogP contribution in [0, 0.1) is 0 Å². The van der Waals surface area contributed by atoms with Crippen molar-refractivity contribution in [3.8, 4) is 0 Å². The van der Waals surface area contributed by atoms with Gasteiger partial charge in [0.05, 0.1) is 5.11 Å². The van der Waals surface area contributed by atoms with Gasteiger partial charge in [-0.25, -0.2) is 0 Å². The maximum absolute atomic E-state index is 4.61. The van der Waals surface area contributed by atoms with E-state index in [2.05, 4.69) is 73.9 Å². The summed E-state index contributed by atoms with van der Waals surface area (Å²) in [5.74, 6) is 0.524. The first-order valence-corrected chi connectivity index (χ1v) is 9.28. The van der Waals surface area contributed by atoms with Crippen molar-refractivity contribution >= 4 is 27.3 Å². The Morgan fingerprint density at radius 2 is 1.54 bits per heavy atom. The van der Waals surface area contributed by atoms with Crippen molar-refractivity contribution in [2.24, 2.45) is 17.3 Å². The average molecular weight is 347 g/mol. The number of nitrogens with zero attached hydrogens (tertiary/aromatic N) is 5. The maximum Gasteiger partial charge on any atom is 0.431 e. The second-order valence-corrected chi connectivity index (χ2v) is 7.77. The van der Waals surface area contributed by atoms with Crippen LogP contribution in [-0.2, 0) is 7.05 Å². The number of azo groups is 1. The molecule has 0 atom stereocenters. The molecule has 130 valence electrons. The second-order valence-electron chi connectivity index (χ2n) is 6.83. The standard InChI is InChI=1S/C18H28N5S/c1-12(2)15-8-10-16(11-9-15)19-20-17-22(7)21-18(24-17)23(13(3)4)14(5)6/h8-14H,1-7H3/q+1. The lowest BCUT2D eigenvalue weighted by atomic mass is 10.0. The Hall–Kier alpha value is -1.82. The fraction of sp³-hybridized carbons (Fsp3) is 0.556. The zero-order valence-corrected chi connectivity index (χ0v) is 16.5. The van der Waals surface area contributed by atoms with E-state index < -0.39 is 0 Å². The normalized spacial score (nSPS) is 12.1. The van der Waals surface area contributed by atoms with Crippen LogP contribution in [0.3, 0.4) is 0 Å². The molecule has 5 nitrogen and oxygen atoms in total. The van der Waals surface area contributed by atoms with Gasteiger partial charge in [0, 0.05) is 12.1 Å². The van der Waals surface area contributed by atoms with Crippen molar-refractivity contribution < 1.29 is 4.68 Å². The number of hydrogen-bond acceptors (Lipinski definition) is 5. The molecule has 0 aliphatic rings. The van der Waals surface area contributed by atoms with E-state index in [-0.39, 0.29) is 0 Å². The minimum atomic E-state index is 0.393. The number of anilines is 1. The molecule has 0 bridgehead atoms. The summed E-state index contributed by atoms with van der Waals surface area (Å²) in [6.07, 6.45) is 0. The fourth-order valence-corrected chi connectivity index (χ4v) is 3.70. The molecule has 0 saturated carbocycles. The van der Waals surface area contributed by atoms with Crippen LogP contribution >= 0.6 is 11.3 Å². The Morgan fingerprint density at radius 1 is 0.958 bits per heavy atom. The highest BCUT2D eigenvalue weighted by Crippen LogP contribution is 2.29. The van der Waals surface area contributed by atoms with E-state index in [1.54, 1.807) is 16.0 Å². The topological polar surface area (TPSA) is 44.7 Å². The average Bonchev–Trinajstić information content (AvgIpc) is 2.85. The van der Waals surface area contributed by atoms with E-state index >= 15 is 0 Å². The van der Waals surface area contributed by atoms with Crippen molar-refractivity contribution in [3.63, 3.8) is 0 Å². The summed E-state index contributed by atoms with van der Waals surface area (Å²) in [6.45, 7) is 13.1. The number of hydrogen-bond donors (Lipinski definition) is 0. The lowest BCUT2D eigenvalue weighted by Crippen LogP contribution is -2.39. The summed E-state index contributed by atoms with van der Waals surface area (Å²) >= 11 is 1.57. The van der Waals surface area contributed by atoms with Gasteiger partial charge >= 0.3 is 5.13 Å². The highest BCUT2D eigenvalue weighted by atomic mass is 32.1. The largest absolute Gasteiger partial charge is 0.431 e. The van der Waals surface area contributed by atoms with Gasteiger partial charge in [0.15, 0.2) is 0 Å². The molecule has 0 fully saturated rings. The molecule has 0 N–H and O–H groups in total. The van der Waals surface area contributed by atoms with Crippen LogP contribution in [0.1, 0.15) is 53.0 Å². The predicted molar refractivity (Wildman–Crippen MR) is 101 cm³/mol. The number of rotatable bonds is 6. The molecule has 2 rings (SSSR count). The summed E-state index contributed by atoms with van der Waals surface area (Å²) in [5.41, 5.74) is 2.17. The molecule has 0 radical (unpaired) electrons. The third-order valence-corrected chi connectivity index (χ3v) is 4.84. The molecule has 6 heteroatoms. The van der Waals surface area contributed by atoms with Gasteiger partial charge in [-0.1, -0.05) is 31.1 Å². The first-order chi connectivity index (χ1) is 11.3. The van der Waals surface area contributed by atoms with Crippen molar-refractivity contribution in [3.05, 3.63) is 29.8 Å². The Labute approximate surface area is 149 Å². The van der Waals surface area contributed by atoms with Crippen molar-refractivity contribution in [2.45, 2.75) is 59.5 Å². The van der Waals surface area contributed by atoms with Gasteiger partial charge in [0.25, 0.3) is 0 Å². The quantitative estimate of drug-likeness (QED) is 0.537. The molecule has 0 spiro atoms. The van der Waals surface area contributed by atoms with Gasteiger partial charge in [0.2, 0.25) is 5.13 Å². The number of aryl methyl sites for hydroxylation is 1. The molecule has 0 amide bonds. The first kappa shape index (κ1) is 18.5. The summed E-state index contributed by atoms with van der Waals surface area (Å²) in [5, 5.41) is 15.1. The molecule has 1 aromatic heterocycles. The Kier molecular flexibility index (Phi) is 6.04. The lowest BCUT2D eigenvalue weighted by Gasteiger charge is -2.28. The minimum Gasteiger partial charge on any atom is -0.340 e. The second kappa shape index (κ2) is 7.83. The summed E-state index contributed by atoms with van der Waals surface area (Å²) in [4.78, 5) is 2.29. The number of aromatic nitrogens is 2. The molecular weight excluding hydrogens is 318 g/mol. The minimum absolute atomic E-state index is 0.393. The summed E-state index contributed by atoms with van der Waals surface area (Å²) in [6, 6.07) is 9.02. The summed E-state index contributed by atoms with van der Waals surface area (Å²) < 4.78 is 1.80. The third kappa shape index (κ3) is 4.38. The van der Waals surface area contributed by atoms with Crippen LogP contribution < -0.4 is 9.58 Å². The fourth-order valence-electron chi connectivity index (χ4n) is 2.59. The van der Waals surface area contributed by atoms with Crippen LogP contribution in [0.5, 0.6) is 0 Å². The van der Waals surface area contributed by atoms with Crippen LogP contribution in [0.25, 0.3) is 0 Å². The molecule has 2 aromatic rings. The van der Waals surface area contributed by atoms with E-state index in [1.165, 1.54) is 5.56 Å². The zero-order valence-electron chi connectivity index (χ0n) is 15.7. The third-order valence-electron chi connectivity index (χ3n) is 3.84. The van der Waals surface area contributed by atoms with Gasteiger partial charge in [-0.05, 0) is 67.8 Å². The molecule has 1 aromatic carbocycles. The SMILES string of the molecule is CC(C)c1ccc(/N=N/c2sc(N(C(C)C)C(C)C)n[n+]2C)cc1. The summed E-state index contributed by atoms with van der Waals surface area (Å²) in [7, 11) is 1.91. The lowest BCUT2D eigenvalue weighted by molar-refractivity contribution is -0.712. The van der Waals surface area contributed by atoms with E-state index in [9.17, 15) is 0 Å². The van der Waals surface area contributed by atoms with Crippen molar-refractivity contribution in [1.29, 1.82) is 0 Å². The van der Waals surface area contributed by atoms with Crippen molar-refractivity contribution in [1.82, 2.24) is 5.10 Å². The van der Waals surface area contributed by atoms with E-state index in [0.29, 0.717) is 18.0 Å². The van der Waals surface area contributed by atoms with Gasteiger partial charge in [-0.3, -0.25) is 0 Å². The maximum atomic E-state index is 4.61. The molecule has 1 heterocycles. The van der Waals surface area contributed by atoms with Crippen LogP contribution in [0.2, 0.25) is 0 Å². The molecule has 0 aliphatic heterocycles. The van der Waals surface area contributed by atoms with Gasteiger partial charge in [-0.15, -0.1) is 4.68 Å². The van der Waals surface area contributed by atoms with Crippen LogP contribution in [-0.4, -0.2) is 17.2 Å². The van der Waals surface area contributed by atoms with Gasteiger partial charge < -0.3 is 4.90 Å².